The first-order valence-electron chi connectivity index (χ1n) is 5.20. The zero-order valence-corrected chi connectivity index (χ0v) is 9.22. The lowest BCUT2D eigenvalue weighted by Gasteiger charge is -2.25. The quantitative estimate of drug-likeness (QED) is 0.653. The van der Waals surface area contributed by atoms with Crippen molar-refractivity contribution < 1.29 is 9.63 Å². The molecule has 14 heavy (non-hydrogen) atoms. The Bertz CT molecular complexity index is 193. The molecule has 1 saturated heterocycles. The van der Waals surface area contributed by atoms with Crippen molar-refractivity contribution in [1.82, 2.24) is 10.8 Å². The molecule has 82 valence electrons. The van der Waals surface area contributed by atoms with Gasteiger partial charge in [0, 0.05) is 0 Å². The molecule has 4 heteroatoms. The van der Waals surface area contributed by atoms with Crippen LogP contribution in [0.2, 0.25) is 0 Å². The molecule has 0 saturated carbocycles. The smallest absolute Gasteiger partial charge is 0.260 e. The summed E-state index contributed by atoms with van der Waals surface area (Å²) in [5, 5.41) is 3.16. The number of amides is 1. The van der Waals surface area contributed by atoms with E-state index < -0.39 is 0 Å². The number of carbonyl (C=O) groups is 1. The van der Waals surface area contributed by atoms with Gasteiger partial charge in [-0.3, -0.25) is 9.63 Å². The van der Waals surface area contributed by atoms with E-state index in [-0.39, 0.29) is 17.6 Å². The van der Waals surface area contributed by atoms with E-state index in [9.17, 15) is 4.79 Å². The fraction of sp³-hybridized carbons (Fsp3) is 0.900. The van der Waals surface area contributed by atoms with E-state index in [4.69, 9.17) is 4.84 Å². The van der Waals surface area contributed by atoms with E-state index in [1.807, 2.05) is 20.8 Å². The highest BCUT2D eigenvalue weighted by molar-refractivity contribution is 5.80. The third-order valence-electron chi connectivity index (χ3n) is 2.08. The summed E-state index contributed by atoms with van der Waals surface area (Å²) in [4.78, 5) is 16.8. The maximum absolute atomic E-state index is 11.5. The molecule has 0 radical (unpaired) electrons. The molecule has 1 atom stereocenters. The number of piperidine rings is 1. The van der Waals surface area contributed by atoms with Gasteiger partial charge < -0.3 is 5.32 Å². The van der Waals surface area contributed by atoms with Crippen molar-refractivity contribution in [3.8, 4) is 0 Å². The van der Waals surface area contributed by atoms with Gasteiger partial charge in [0.15, 0.2) is 0 Å². The minimum absolute atomic E-state index is 0.0559. The molecule has 1 rings (SSSR count). The summed E-state index contributed by atoms with van der Waals surface area (Å²) in [7, 11) is 0. The largest absolute Gasteiger partial charge is 0.306 e. The zero-order valence-electron chi connectivity index (χ0n) is 9.22. The van der Waals surface area contributed by atoms with Crippen LogP contribution in [0.1, 0.15) is 40.0 Å². The molecule has 0 aromatic heterocycles. The molecule has 0 aromatic rings. The van der Waals surface area contributed by atoms with Gasteiger partial charge in [0.05, 0.1) is 11.6 Å². The van der Waals surface area contributed by atoms with Crippen molar-refractivity contribution in [3.63, 3.8) is 0 Å². The second-order valence-corrected chi connectivity index (χ2v) is 4.68. The number of nitrogens with one attached hydrogen (secondary N) is 2. The first kappa shape index (κ1) is 11.5. The summed E-state index contributed by atoms with van der Waals surface area (Å²) in [6.45, 7) is 6.64. The second kappa shape index (κ2) is 4.75. The highest BCUT2D eigenvalue weighted by Crippen LogP contribution is 2.08. The van der Waals surface area contributed by atoms with Gasteiger partial charge in [-0.05, 0) is 40.2 Å². The maximum Gasteiger partial charge on any atom is 0.260 e. The van der Waals surface area contributed by atoms with Gasteiger partial charge in [0.2, 0.25) is 0 Å². The van der Waals surface area contributed by atoms with Crippen LogP contribution in [-0.4, -0.2) is 24.1 Å². The summed E-state index contributed by atoms with van der Waals surface area (Å²) in [5.74, 6) is -0.0559. The summed E-state index contributed by atoms with van der Waals surface area (Å²) in [6.07, 6.45) is 3.17. The van der Waals surface area contributed by atoms with Crippen molar-refractivity contribution in [1.29, 1.82) is 0 Å². The number of carbonyl (C=O) groups excluding carboxylic acids is 1. The number of hydrogen-bond acceptors (Lipinski definition) is 3. The SMILES string of the molecule is CC(C)(C)ONC(=O)[C@@H]1CCCCN1. The molecule has 0 unspecified atom stereocenters. The Hall–Kier alpha value is -0.610. The van der Waals surface area contributed by atoms with Crippen LogP contribution in [0.15, 0.2) is 0 Å². The molecule has 1 aliphatic heterocycles. The first-order valence-corrected chi connectivity index (χ1v) is 5.20. The van der Waals surface area contributed by atoms with Crippen LogP contribution in [-0.2, 0) is 9.63 Å². The average Bonchev–Trinajstić information content (AvgIpc) is 2.14. The van der Waals surface area contributed by atoms with Crippen molar-refractivity contribution in [2.45, 2.75) is 51.7 Å². The van der Waals surface area contributed by atoms with Crippen LogP contribution in [0.4, 0.5) is 0 Å². The van der Waals surface area contributed by atoms with Gasteiger partial charge in [-0.25, -0.2) is 5.48 Å². The Kier molecular flexibility index (Phi) is 3.89. The van der Waals surface area contributed by atoms with Gasteiger partial charge in [0.1, 0.15) is 0 Å². The number of hydroxylamine groups is 1. The molecule has 2 N–H and O–H groups in total. The Labute approximate surface area is 85.3 Å². The summed E-state index contributed by atoms with van der Waals surface area (Å²) in [5.41, 5.74) is 2.16. The molecule has 1 aliphatic rings. The molecule has 0 aliphatic carbocycles. The molecule has 0 bridgehead atoms. The first-order chi connectivity index (χ1) is 6.49. The molecule has 0 aromatic carbocycles. The fourth-order valence-electron chi connectivity index (χ4n) is 1.35. The van der Waals surface area contributed by atoms with Crippen LogP contribution in [0.5, 0.6) is 0 Å². The van der Waals surface area contributed by atoms with Crippen molar-refractivity contribution >= 4 is 5.91 Å². The van der Waals surface area contributed by atoms with E-state index in [0.29, 0.717) is 0 Å². The monoisotopic (exact) mass is 200 g/mol. The fourth-order valence-corrected chi connectivity index (χ4v) is 1.35. The highest BCUT2D eigenvalue weighted by atomic mass is 16.7. The molecule has 1 heterocycles. The van der Waals surface area contributed by atoms with Crippen molar-refractivity contribution in [2.75, 3.05) is 6.54 Å². The minimum Gasteiger partial charge on any atom is -0.306 e. The van der Waals surface area contributed by atoms with Gasteiger partial charge in [-0.1, -0.05) is 6.42 Å². The third kappa shape index (κ3) is 4.07. The minimum atomic E-state index is -0.329. The molecular weight excluding hydrogens is 180 g/mol. The van der Waals surface area contributed by atoms with Crippen LogP contribution >= 0.6 is 0 Å². The number of rotatable bonds is 2. The zero-order chi connectivity index (χ0) is 10.6. The van der Waals surface area contributed by atoms with E-state index in [1.165, 1.54) is 0 Å². The Morgan fingerprint density at radius 1 is 1.43 bits per heavy atom. The summed E-state index contributed by atoms with van der Waals surface area (Å²) >= 11 is 0. The lowest BCUT2D eigenvalue weighted by Crippen LogP contribution is -2.48. The Balaban J connectivity index is 2.27. The Morgan fingerprint density at radius 3 is 2.64 bits per heavy atom. The number of hydrogen-bond donors (Lipinski definition) is 2. The maximum atomic E-state index is 11.5. The van der Waals surface area contributed by atoms with Gasteiger partial charge >= 0.3 is 0 Å². The highest BCUT2D eigenvalue weighted by Gasteiger charge is 2.22. The van der Waals surface area contributed by atoms with Crippen LogP contribution in [0.3, 0.4) is 0 Å². The second-order valence-electron chi connectivity index (χ2n) is 4.68. The van der Waals surface area contributed by atoms with Crippen LogP contribution < -0.4 is 10.8 Å². The van der Waals surface area contributed by atoms with E-state index in [1.54, 1.807) is 0 Å². The third-order valence-corrected chi connectivity index (χ3v) is 2.08. The van der Waals surface area contributed by atoms with Crippen molar-refractivity contribution in [2.24, 2.45) is 0 Å². The molecular formula is C10H20N2O2. The predicted octanol–water partition coefficient (Wildman–Crippen LogP) is 0.975. The summed E-state index contributed by atoms with van der Waals surface area (Å²) < 4.78 is 0. The standard InChI is InChI=1S/C10H20N2O2/c1-10(2,3)14-12-9(13)8-6-4-5-7-11-8/h8,11H,4-7H2,1-3H3,(H,12,13)/t8-/m0/s1. The molecule has 1 fully saturated rings. The average molecular weight is 200 g/mol. The van der Waals surface area contributed by atoms with E-state index in [0.717, 1.165) is 25.8 Å². The molecule has 0 spiro atoms. The van der Waals surface area contributed by atoms with Crippen LogP contribution in [0, 0.1) is 0 Å². The van der Waals surface area contributed by atoms with Crippen LogP contribution in [0.25, 0.3) is 0 Å². The summed E-state index contributed by atoms with van der Waals surface area (Å²) in [6, 6.07) is -0.0777. The lowest BCUT2D eigenvalue weighted by atomic mass is 10.0. The van der Waals surface area contributed by atoms with Crippen molar-refractivity contribution in [3.05, 3.63) is 0 Å². The van der Waals surface area contributed by atoms with Gasteiger partial charge in [0.25, 0.3) is 5.91 Å². The topological polar surface area (TPSA) is 50.4 Å². The van der Waals surface area contributed by atoms with E-state index >= 15 is 0 Å². The van der Waals surface area contributed by atoms with Gasteiger partial charge in [-0.15, -0.1) is 0 Å². The normalized spacial score (nSPS) is 23.2. The van der Waals surface area contributed by atoms with Gasteiger partial charge in [-0.2, -0.15) is 0 Å². The van der Waals surface area contributed by atoms with E-state index in [2.05, 4.69) is 10.8 Å². The molecule has 1 amide bonds. The molecule has 4 nitrogen and oxygen atoms in total. The Morgan fingerprint density at radius 2 is 2.14 bits per heavy atom. The lowest BCUT2D eigenvalue weighted by molar-refractivity contribution is -0.148. The predicted molar refractivity (Wildman–Crippen MR) is 54.6 cm³/mol.